The molecule has 3 aromatic rings. The molecule has 1 amide bonds. The first-order valence-corrected chi connectivity index (χ1v) is 8.88. The molecule has 2 aromatic carbocycles. The molecule has 0 spiro atoms. The summed E-state index contributed by atoms with van der Waals surface area (Å²) in [6.07, 6.45) is 1.55. The van der Waals surface area contributed by atoms with Gasteiger partial charge >= 0.3 is 0 Å². The van der Waals surface area contributed by atoms with Crippen LogP contribution in [0.4, 0.5) is 22.9 Å². The van der Waals surface area contributed by atoms with E-state index in [4.69, 9.17) is 11.6 Å². The normalized spacial score (nSPS) is 10.4. The summed E-state index contributed by atoms with van der Waals surface area (Å²) in [5, 5.41) is 6.74. The highest BCUT2D eigenvalue weighted by Gasteiger charge is 2.08. The summed E-state index contributed by atoms with van der Waals surface area (Å²) in [4.78, 5) is 18.7. The zero-order valence-electron chi connectivity index (χ0n) is 15.5. The molecule has 2 N–H and O–H groups in total. The molecule has 0 radical (unpaired) electrons. The second kappa shape index (κ2) is 8.10. The third-order valence-corrected chi connectivity index (χ3v) is 4.36. The topological polar surface area (TPSA) is 57.3 Å². The predicted molar refractivity (Wildman–Crippen MR) is 112 cm³/mol. The number of rotatable bonds is 5. The Kier molecular flexibility index (Phi) is 5.62. The molecule has 5 nitrogen and oxygen atoms in total. The summed E-state index contributed by atoms with van der Waals surface area (Å²) < 4.78 is 0. The molecule has 6 heteroatoms. The summed E-state index contributed by atoms with van der Waals surface area (Å²) in [5.74, 6) is 0.442. The molecular formula is C21H21ClN4O. The van der Waals surface area contributed by atoms with Crippen molar-refractivity contribution in [2.24, 2.45) is 0 Å². The molecule has 0 aliphatic carbocycles. The van der Waals surface area contributed by atoms with E-state index in [1.807, 2.05) is 68.4 Å². The molecular weight excluding hydrogens is 360 g/mol. The lowest BCUT2D eigenvalue weighted by Crippen LogP contribution is -2.13. The smallest absolute Gasteiger partial charge is 0.257 e. The van der Waals surface area contributed by atoms with Gasteiger partial charge in [0.15, 0.2) is 0 Å². The van der Waals surface area contributed by atoms with Gasteiger partial charge in [0.1, 0.15) is 5.82 Å². The zero-order valence-corrected chi connectivity index (χ0v) is 16.2. The van der Waals surface area contributed by atoms with Crippen LogP contribution in [-0.4, -0.2) is 25.0 Å². The summed E-state index contributed by atoms with van der Waals surface area (Å²) in [7, 11) is 3.94. The van der Waals surface area contributed by atoms with E-state index in [1.54, 1.807) is 18.3 Å². The second-order valence-electron chi connectivity index (χ2n) is 6.41. The lowest BCUT2D eigenvalue weighted by atomic mass is 10.2. The Bertz CT molecular complexity index is 937. The highest BCUT2D eigenvalue weighted by molar-refractivity contribution is 6.30. The van der Waals surface area contributed by atoms with Gasteiger partial charge < -0.3 is 15.5 Å². The van der Waals surface area contributed by atoms with Crippen LogP contribution in [0.2, 0.25) is 5.02 Å². The molecule has 0 aliphatic heterocycles. The number of anilines is 4. The van der Waals surface area contributed by atoms with E-state index >= 15 is 0 Å². The van der Waals surface area contributed by atoms with Crippen LogP contribution in [0.1, 0.15) is 15.9 Å². The van der Waals surface area contributed by atoms with E-state index in [2.05, 4.69) is 15.6 Å². The highest BCUT2D eigenvalue weighted by Crippen LogP contribution is 2.23. The van der Waals surface area contributed by atoms with Crippen molar-refractivity contribution < 1.29 is 4.79 Å². The lowest BCUT2D eigenvalue weighted by Gasteiger charge is -2.13. The van der Waals surface area contributed by atoms with E-state index in [9.17, 15) is 4.79 Å². The molecule has 1 aromatic heterocycles. The maximum atomic E-state index is 12.4. The molecule has 0 atom stereocenters. The monoisotopic (exact) mass is 380 g/mol. The van der Waals surface area contributed by atoms with Crippen molar-refractivity contribution in [1.82, 2.24) is 4.98 Å². The Morgan fingerprint density at radius 3 is 2.41 bits per heavy atom. The predicted octanol–water partition coefficient (Wildman–Crippen LogP) is 5.11. The van der Waals surface area contributed by atoms with Gasteiger partial charge in [-0.3, -0.25) is 4.79 Å². The van der Waals surface area contributed by atoms with Crippen LogP contribution in [-0.2, 0) is 0 Å². The molecule has 0 saturated carbocycles. The van der Waals surface area contributed by atoms with E-state index < -0.39 is 0 Å². The van der Waals surface area contributed by atoms with Gasteiger partial charge in [0.2, 0.25) is 0 Å². The van der Waals surface area contributed by atoms with Crippen molar-refractivity contribution in [3.8, 4) is 0 Å². The Balaban J connectivity index is 1.67. The number of hydrogen-bond acceptors (Lipinski definition) is 4. The molecule has 0 bridgehead atoms. The van der Waals surface area contributed by atoms with E-state index in [1.165, 1.54) is 0 Å². The molecule has 0 aliphatic rings. The standard InChI is InChI=1S/C21H21ClN4O/c1-14-4-6-16(22)12-19(14)25-20-11-5-15(13-23-20)21(27)24-17-7-9-18(10-8-17)26(2)3/h4-13H,1-3H3,(H,23,25)(H,24,27). The Morgan fingerprint density at radius 2 is 1.78 bits per heavy atom. The van der Waals surface area contributed by atoms with Crippen LogP contribution in [0.3, 0.4) is 0 Å². The Hall–Kier alpha value is -3.05. The average molecular weight is 381 g/mol. The van der Waals surface area contributed by atoms with Gasteiger partial charge in [-0.25, -0.2) is 4.98 Å². The molecule has 1 heterocycles. The van der Waals surface area contributed by atoms with Crippen molar-refractivity contribution in [3.05, 3.63) is 76.9 Å². The minimum atomic E-state index is -0.203. The first kappa shape index (κ1) is 18.7. The average Bonchev–Trinajstić information content (AvgIpc) is 2.65. The SMILES string of the molecule is Cc1ccc(Cl)cc1Nc1ccc(C(=O)Nc2ccc(N(C)C)cc2)cn1. The van der Waals surface area contributed by atoms with Crippen molar-refractivity contribution in [3.63, 3.8) is 0 Å². The van der Waals surface area contributed by atoms with Crippen LogP contribution in [0.25, 0.3) is 0 Å². The molecule has 138 valence electrons. The number of benzene rings is 2. The molecule has 0 saturated heterocycles. The Labute approximate surface area is 164 Å². The zero-order chi connectivity index (χ0) is 19.4. The quantitative estimate of drug-likeness (QED) is 0.646. The number of nitrogens with zero attached hydrogens (tertiary/aromatic N) is 2. The van der Waals surface area contributed by atoms with E-state index in [-0.39, 0.29) is 5.91 Å². The van der Waals surface area contributed by atoms with Crippen LogP contribution in [0.5, 0.6) is 0 Å². The van der Waals surface area contributed by atoms with Crippen LogP contribution < -0.4 is 15.5 Å². The van der Waals surface area contributed by atoms with Crippen molar-refractivity contribution >= 4 is 40.4 Å². The fourth-order valence-corrected chi connectivity index (χ4v) is 2.69. The van der Waals surface area contributed by atoms with Crippen molar-refractivity contribution in [2.45, 2.75) is 6.92 Å². The number of carbonyl (C=O) groups excluding carboxylic acids is 1. The van der Waals surface area contributed by atoms with E-state index in [0.717, 1.165) is 22.6 Å². The van der Waals surface area contributed by atoms with Gasteiger partial charge in [-0.15, -0.1) is 0 Å². The van der Waals surface area contributed by atoms with Gasteiger partial charge in [-0.2, -0.15) is 0 Å². The largest absolute Gasteiger partial charge is 0.378 e. The maximum absolute atomic E-state index is 12.4. The van der Waals surface area contributed by atoms with Gasteiger partial charge in [0.05, 0.1) is 5.56 Å². The minimum Gasteiger partial charge on any atom is -0.378 e. The van der Waals surface area contributed by atoms with Crippen LogP contribution in [0.15, 0.2) is 60.8 Å². The van der Waals surface area contributed by atoms with Gasteiger partial charge in [-0.05, 0) is 61.0 Å². The Morgan fingerprint density at radius 1 is 1.04 bits per heavy atom. The van der Waals surface area contributed by atoms with Crippen molar-refractivity contribution in [2.75, 3.05) is 29.6 Å². The number of aromatic nitrogens is 1. The molecule has 3 rings (SSSR count). The van der Waals surface area contributed by atoms with Crippen molar-refractivity contribution in [1.29, 1.82) is 0 Å². The van der Waals surface area contributed by atoms with Crippen LogP contribution >= 0.6 is 11.6 Å². The molecule has 27 heavy (non-hydrogen) atoms. The number of nitrogens with one attached hydrogen (secondary N) is 2. The van der Waals surface area contributed by atoms with Gasteiger partial charge in [-0.1, -0.05) is 17.7 Å². The number of halogens is 1. The summed E-state index contributed by atoms with van der Waals surface area (Å²) >= 11 is 6.04. The van der Waals surface area contributed by atoms with Gasteiger partial charge in [0, 0.05) is 42.4 Å². The number of hydrogen-bond donors (Lipinski definition) is 2. The molecule has 0 fully saturated rings. The number of pyridine rings is 1. The lowest BCUT2D eigenvalue weighted by molar-refractivity contribution is 0.102. The number of carbonyl (C=O) groups is 1. The van der Waals surface area contributed by atoms with E-state index in [0.29, 0.717) is 16.4 Å². The first-order chi connectivity index (χ1) is 12.9. The number of amides is 1. The second-order valence-corrected chi connectivity index (χ2v) is 6.85. The molecule has 0 unspecified atom stereocenters. The third-order valence-electron chi connectivity index (χ3n) is 4.13. The number of aryl methyl sites for hydroxylation is 1. The first-order valence-electron chi connectivity index (χ1n) is 8.50. The summed E-state index contributed by atoms with van der Waals surface area (Å²) in [6.45, 7) is 1.99. The summed E-state index contributed by atoms with van der Waals surface area (Å²) in [5.41, 5.74) is 4.24. The fraction of sp³-hybridized carbons (Fsp3) is 0.143. The summed E-state index contributed by atoms with van der Waals surface area (Å²) in [6, 6.07) is 16.8. The van der Waals surface area contributed by atoms with Gasteiger partial charge in [0.25, 0.3) is 5.91 Å². The van der Waals surface area contributed by atoms with Crippen LogP contribution in [0, 0.1) is 6.92 Å². The highest BCUT2D eigenvalue weighted by atomic mass is 35.5. The minimum absolute atomic E-state index is 0.203. The fourth-order valence-electron chi connectivity index (χ4n) is 2.52. The third kappa shape index (κ3) is 4.77. The maximum Gasteiger partial charge on any atom is 0.257 e.